The third kappa shape index (κ3) is 2.70. The van der Waals surface area contributed by atoms with E-state index >= 15 is 0 Å². The van der Waals surface area contributed by atoms with Crippen LogP contribution in [0.15, 0.2) is 27.3 Å². The van der Waals surface area contributed by atoms with Crippen LogP contribution in [0.1, 0.15) is 12.8 Å². The minimum absolute atomic E-state index is 0.196. The number of carbonyl (C=O) groups is 1. The quantitative estimate of drug-likeness (QED) is 0.796. The maximum Gasteiger partial charge on any atom is 0.320 e. The van der Waals surface area contributed by atoms with E-state index in [1.165, 1.54) is 13.2 Å². The van der Waals surface area contributed by atoms with E-state index in [9.17, 15) is 4.79 Å². The maximum absolute atomic E-state index is 10.6. The number of aliphatic carboxylic acids is 1. The summed E-state index contributed by atoms with van der Waals surface area (Å²) in [5, 5.41) is 15.1. The van der Waals surface area contributed by atoms with Crippen LogP contribution in [-0.2, 0) is 11.3 Å². The van der Waals surface area contributed by atoms with E-state index in [-0.39, 0.29) is 6.54 Å². The predicted octanol–water partition coefficient (Wildman–Crippen LogP) is 0.892. The second-order valence-corrected chi connectivity index (χ2v) is 3.43. The SMILES string of the molecule is C[C@@H](NCc1nc(-c2ccco2)no1)C(=O)O. The molecule has 0 spiro atoms. The van der Waals surface area contributed by atoms with Gasteiger partial charge in [-0.3, -0.25) is 10.1 Å². The summed E-state index contributed by atoms with van der Waals surface area (Å²) in [5.41, 5.74) is 0. The Morgan fingerprint density at radius 1 is 1.65 bits per heavy atom. The van der Waals surface area contributed by atoms with Crippen LogP contribution in [0.3, 0.4) is 0 Å². The number of rotatable bonds is 5. The first kappa shape index (κ1) is 11.3. The molecule has 0 amide bonds. The molecule has 0 saturated heterocycles. The molecule has 7 nitrogen and oxygen atoms in total. The van der Waals surface area contributed by atoms with Crippen LogP contribution in [0, 0.1) is 0 Å². The summed E-state index contributed by atoms with van der Waals surface area (Å²) in [7, 11) is 0. The molecule has 0 radical (unpaired) electrons. The van der Waals surface area contributed by atoms with Gasteiger partial charge in [0, 0.05) is 0 Å². The van der Waals surface area contributed by atoms with E-state index in [0.29, 0.717) is 17.5 Å². The number of furan rings is 1. The molecule has 0 saturated carbocycles. The standard InChI is InChI=1S/C10H11N3O4/c1-6(10(14)15)11-5-8-12-9(13-17-8)7-3-2-4-16-7/h2-4,6,11H,5H2,1H3,(H,14,15)/t6-/m1/s1. The highest BCUT2D eigenvalue weighted by molar-refractivity contribution is 5.72. The normalized spacial score (nSPS) is 12.5. The molecule has 2 aromatic rings. The largest absolute Gasteiger partial charge is 0.480 e. The minimum atomic E-state index is -0.934. The molecule has 0 unspecified atom stereocenters. The van der Waals surface area contributed by atoms with Gasteiger partial charge in [0.25, 0.3) is 0 Å². The Balaban J connectivity index is 1.97. The highest BCUT2D eigenvalue weighted by atomic mass is 16.5. The van der Waals surface area contributed by atoms with Crippen molar-refractivity contribution in [2.45, 2.75) is 19.5 Å². The molecule has 0 aliphatic heterocycles. The molecule has 0 bridgehead atoms. The number of nitrogens with zero attached hydrogens (tertiary/aromatic N) is 2. The van der Waals surface area contributed by atoms with Crippen LogP contribution in [0.25, 0.3) is 11.6 Å². The number of hydrogen-bond donors (Lipinski definition) is 2. The summed E-state index contributed by atoms with van der Waals surface area (Å²) in [5.74, 6) is 0.223. The lowest BCUT2D eigenvalue weighted by Gasteiger charge is -2.04. The van der Waals surface area contributed by atoms with Crippen LogP contribution < -0.4 is 5.32 Å². The van der Waals surface area contributed by atoms with E-state index in [1.54, 1.807) is 12.1 Å². The number of hydrogen-bond acceptors (Lipinski definition) is 6. The lowest BCUT2D eigenvalue weighted by atomic mass is 10.3. The van der Waals surface area contributed by atoms with E-state index in [1.807, 2.05) is 0 Å². The van der Waals surface area contributed by atoms with Crippen molar-refractivity contribution in [1.82, 2.24) is 15.5 Å². The summed E-state index contributed by atoms with van der Waals surface area (Å²) in [6.07, 6.45) is 1.51. The second kappa shape index (κ2) is 4.79. The first-order chi connectivity index (χ1) is 8.16. The molecule has 0 aliphatic rings. The average molecular weight is 237 g/mol. The van der Waals surface area contributed by atoms with Gasteiger partial charge < -0.3 is 14.0 Å². The second-order valence-electron chi connectivity index (χ2n) is 3.43. The monoisotopic (exact) mass is 237 g/mol. The number of carboxylic acids is 1. The Kier molecular flexibility index (Phi) is 3.20. The van der Waals surface area contributed by atoms with Gasteiger partial charge in [-0.05, 0) is 19.1 Å². The van der Waals surface area contributed by atoms with Gasteiger partial charge in [0.2, 0.25) is 11.7 Å². The van der Waals surface area contributed by atoms with Gasteiger partial charge >= 0.3 is 5.97 Å². The van der Waals surface area contributed by atoms with Gasteiger partial charge in [0.05, 0.1) is 12.8 Å². The van der Waals surface area contributed by atoms with E-state index < -0.39 is 12.0 Å². The zero-order chi connectivity index (χ0) is 12.3. The van der Waals surface area contributed by atoms with E-state index in [0.717, 1.165) is 0 Å². The molecular weight excluding hydrogens is 226 g/mol. The molecule has 90 valence electrons. The van der Waals surface area contributed by atoms with Gasteiger partial charge in [-0.2, -0.15) is 4.98 Å². The fourth-order valence-electron chi connectivity index (χ4n) is 1.16. The number of nitrogens with one attached hydrogen (secondary N) is 1. The molecule has 7 heteroatoms. The number of aromatic nitrogens is 2. The van der Waals surface area contributed by atoms with E-state index in [4.69, 9.17) is 14.0 Å². The highest BCUT2D eigenvalue weighted by Gasteiger charge is 2.14. The van der Waals surface area contributed by atoms with Crippen LogP contribution in [0.4, 0.5) is 0 Å². The van der Waals surface area contributed by atoms with Crippen molar-refractivity contribution in [3.05, 3.63) is 24.3 Å². The molecule has 0 aromatic carbocycles. The molecule has 2 rings (SSSR count). The minimum Gasteiger partial charge on any atom is -0.480 e. The summed E-state index contributed by atoms with van der Waals surface area (Å²) >= 11 is 0. The smallest absolute Gasteiger partial charge is 0.320 e. The van der Waals surface area contributed by atoms with Crippen molar-refractivity contribution in [1.29, 1.82) is 0 Å². The summed E-state index contributed by atoms with van der Waals surface area (Å²) < 4.78 is 10.0. The molecule has 2 N–H and O–H groups in total. The third-order valence-electron chi connectivity index (χ3n) is 2.14. The maximum atomic E-state index is 10.6. The van der Waals surface area contributed by atoms with Crippen molar-refractivity contribution in [3.63, 3.8) is 0 Å². The van der Waals surface area contributed by atoms with Crippen LogP contribution in [0.2, 0.25) is 0 Å². The Labute approximate surface area is 96.4 Å². The Hall–Kier alpha value is -2.15. The lowest BCUT2D eigenvalue weighted by molar-refractivity contribution is -0.139. The molecular formula is C10H11N3O4. The van der Waals surface area contributed by atoms with Gasteiger partial charge in [0.1, 0.15) is 6.04 Å². The first-order valence-corrected chi connectivity index (χ1v) is 4.99. The Morgan fingerprint density at radius 3 is 3.12 bits per heavy atom. The first-order valence-electron chi connectivity index (χ1n) is 4.99. The molecule has 0 fully saturated rings. The van der Waals surface area contributed by atoms with Crippen molar-refractivity contribution in [2.24, 2.45) is 0 Å². The average Bonchev–Trinajstić information content (AvgIpc) is 2.95. The molecule has 2 aromatic heterocycles. The van der Waals surface area contributed by atoms with Crippen molar-refractivity contribution >= 4 is 5.97 Å². The zero-order valence-corrected chi connectivity index (χ0v) is 9.08. The summed E-state index contributed by atoms with van der Waals surface area (Å²) in [6.45, 7) is 1.73. The topological polar surface area (TPSA) is 101 Å². The third-order valence-corrected chi connectivity index (χ3v) is 2.14. The number of carboxylic acid groups (broad SMARTS) is 1. The summed E-state index contributed by atoms with van der Waals surface area (Å²) in [6, 6.07) is 2.76. The van der Waals surface area contributed by atoms with Gasteiger partial charge in [-0.25, -0.2) is 0 Å². The van der Waals surface area contributed by atoms with Crippen molar-refractivity contribution in [2.75, 3.05) is 0 Å². The molecule has 1 atom stereocenters. The van der Waals surface area contributed by atoms with Crippen molar-refractivity contribution in [3.8, 4) is 11.6 Å². The summed E-state index contributed by atoms with van der Waals surface area (Å²) in [4.78, 5) is 14.6. The van der Waals surface area contributed by atoms with Crippen molar-refractivity contribution < 1.29 is 18.8 Å². The Bertz CT molecular complexity index is 491. The fraction of sp³-hybridized carbons (Fsp3) is 0.300. The predicted molar refractivity (Wildman–Crippen MR) is 55.9 cm³/mol. The van der Waals surface area contributed by atoms with Crippen LogP contribution in [-0.4, -0.2) is 27.3 Å². The van der Waals surface area contributed by atoms with Gasteiger partial charge in [-0.1, -0.05) is 5.16 Å². The van der Waals surface area contributed by atoms with Gasteiger partial charge in [0.15, 0.2) is 5.76 Å². The lowest BCUT2D eigenvalue weighted by Crippen LogP contribution is -2.33. The molecule has 17 heavy (non-hydrogen) atoms. The molecule has 2 heterocycles. The van der Waals surface area contributed by atoms with Crippen LogP contribution >= 0.6 is 0 Å². The van der Waals surface area contributed by atoms with E-state index in [2.05, 4.69) is 15.5 Å². The van der Waals surface area contributed by atoms with Crippen LogP contribution in [0.5, 0.6) is 0 Å². The zero-order valence-electron chi connectivity index (χ0n) is 9.08. The highest BCUT2D eigenvalue weighted by Crippen LogP contribution is 2.15. The molecule has 0 aliphatic carbocycles. The van der Waals surface area contributed by atoms with Gasteiger partial charge in [-0.15, -0.1) is 0 Å². The Morgan fingerprint density at radius 2 is 2.47 bits per heavy atom. The fourth-order valence-corrected chi connectivity index (χ4v) is 1.16.